The molecule has 2 N–H and O–H groups in total. The minimum atomic E-state index is -1.64. The van der Waals surface area contributed by atoms with E-state index in [9.17, 15) is 23.9 Å². The number of rotatable bonds is 9. The Morgan fingerprint density at radius 1 is 1.34 bits per heavy atom. The third-order valence-corrected chi connectivity index (χ3v) is 7.22. The fourth-order valence-electron chi connectivity index (χ4n) is 4.73. The van der Waals surface area contributed by atoms with Gasteiger partial charge in [-0.05, 0) is 49.9 Å². The number of carbonyl (C=O) groups is 1. The Balaban J connectivity index is 1.61. The number of ether oxygens (including phenoxy) is 1. The molecule has 35 heavy (non-hydrogen) atoms. The van der Waals surface area contributed by atoms with E-state index in [0.29, 0.717) is 37.3 Å². The van der Waals surface area contributed by atoms with E-state index in [1.54, 1.807) is 18.1 Å². The number of aliphatic hydroxyl groups is 1. The lowest BCUT2D eigenvalue weighted by atomic mass is 9.75. The lowest BCUT2D eigenvalue weighted by Crippen LogP contribution is -2.55. The quantitative estimate of drug-likeness (QED) is 0.308. The van der Waals surface area contributed by atoms with Gasteiger partial charge in [-0.3, -0.25) is 4.79 Å². The van der Waals surface area contributed by atoms with Gasteiger partial charge in [0.15, 0.2) is 23.5 Å². The molecule has 1 aliphatic heterocycles. The molecule has 1 saturated carbocycles. The summed E-state index contributed by atoms with van der Waals surface area (Å²) in [5, 5.41) is 27.3. The molecule has 1 aromatic carbocycles. The molecular formula is C25H30ClF2N3O4. The monoisotopic (exact) mass is 509 g/mol. The molecule has 2 fully saturated rings. The normalized spacial score (nSPS) is 22.3. The first-order valence-electron chi connectivity index (χ1n) is 11.8. The molecule has 0 radical (unpaired) electrons. The lowest BCUT2D eigenvalue weighted by molar-refractivity contribution is -0.614. The summed E-state index contributed by atoms with van der Waals surface area (Å²) >= 11 is 6.38. The molecule has 2 unspecified atom stereocenters. The summed E-state index contributed by atoms with van der Waals surface area (Å²) in [4.78, 5) is 15.5. The van der Waals surface area contributed by atoms with Gasteiger partial charge in [0.05, 0.1) is 5.92 Å². The van der Waals surface area contributed by atoms with Crippen molar-refractivity contribution in [3.63, 3.8) is 0 Å². The van der Waals surface area contributed by atoms with Crippen molar-refractivity contribution in [3.8, 4) is 0 Å². The van der Waals surface area contributed by atoms with E-state index in [1.165, 1.54) is 12.3 Å². The van der Waals surface area contributed by atoms with Crippen LogP contribution >= 0.6 is 11.6 Å². The van der Waals surface area contributed by atoms with Gasteiger partial charge in [-0.2, -0.15) is 4.73 Å². The van der Waals surface area contributed by atoms with Gasteiger partial charge in [0, 0.05) is 50.9 Å². The van der Waals surface area contributed by atoms with Gasteiger partial charge in [0.2, 0.25) is 5.91 Å². The Morgan fingerprint density at radius 3 is 2.80 bits per heavy atom. The molecule has 2 aliphatic rings. The van der Waals surface area contributed by atoms with Gasteiger partial charge < -0.3 is 25.3 Å². The summed E-state index contributed by atoms with van der Waals surface area (Å²) in [7, 11) is 1.60. The number of nitrogens with zero attached hydrogens (tertiary/aromatic N) is 2. The van der Waals surface area contributed by atoms with Crippen molar-refractivity contribution >= 4 is 17.5 Å². The summed E-state index contributed by atoms with van der Waals surface area (Å²) in [6.45, 7) is 1.33. The lowest BCUT2D eigenvalue weighted by Gasteiger charge is -2.42. The minimum absolute atomic E-state index is 0.00813. The van der Waals surface area contributed by atoms with E-state index in [-0.39, 0.29) is 42.0 Å². The average Bonchev–Trinajstić information content (AvgIpc) is 3.67. The van der Waals surface area contributed by atoms with E-state index < -0.39 is 23.2 Å². The molecule has 190 valence electrons. The highest BCUT2D eigenvalue weighted by atomic mass is 35.5. The third kappa shape index (κ3) is 5.58. The Labute approximate surface area is 208 Å². The average molecular weight is 510 g/mol. The van der Waals surface area contributed by atoms with E-state index in [0.717, 1.165) is 29.7 Å². The van der Waals surface area contributed by atoms with Gasteiger partial charge in [-0.25, -0.2) is 8.78 Å². The zero-order valence-corrected chi connectivity index (χ0v) is 20.4. The van der Waals surface area contributed by atoms with E-state index in [1.807, 2.05) is 0 Å². The van der Waals surface area contributed by atoms with Gasteiger partial charge >= 0.3 is 0 Å². The van der Waals surface area contributed by atoms with Crippen molar-refractivity contribution in [2.24, 2.45) is 5.92 Å². The van der Waals surface area contributed by atoms with Crippen LogP contribution in [0.4, 0.5) is 8.78 Å². The number of hydrogen-bond donors (Lipinski definition) is 2. The van der Waals surface area contributed by atoms with Crippen molar-refractivity contribution in [2.75, 3.05) is 26.8 Å². The van der Waals surface area contributed by atoms with Crippen LogP contribution in [0.25, 0.3) is 0 Å². The van der Waals surface area contributed by atoms with Crippen LogP contribution in [0.15, 0.2) is 30.5 Å². The third-order valence-electron chi connectivity index (χ3n) is 6.88. The minimum Gasteiger partial charge on any atom is -0.618 e. The number of aromatic nitrogens is 1. The maximum absolute atomic E-state index is 14.0. The largest absolute Gasteiger partial charge is 0.618 e. The summed E-state index contributed by atoms with van der Waals surface area (Å²) in [6.07, 6.45) is 4.29. The second-order valence-corrected chi connectivity index (χ2v) is 9.72. The second kappa shape index (κ2) is 10.7. The SMILES string of the molecule is COCCCc1cc(CN(C(=O)C2CNCCC2(O)c2ccc(F)c(F)c2)C2CC2)c(Cl)c[n+]1[O-]. The Kier molecular flexibility index (Phi) is 7.90. The van der Waals surface area contributed by atoms with E-state index in [2.05, 4.69) is 5.32 Å². The van der Waals surface area contributed by atoms with Crippen LogP contribution in [0.1, 0.15) is 42.5 Å². The van der Waals surface area contributed by atoms with Crippen LogP contribution in [-0.4, -0.2) is 48.8 Å². The smallest absolute Gasteiger partial charge is 0.230 e. The molecule has 0 spiro atoms. The van der Waals surface area contributed by atoms with Crippen molar-refractivity contribution in [2.45, 2.75) is 50.3 Å². The first kappa shape index (κ1) is 25.8. The van der Waals surface area contributed by atoms with Gasteiger partial charge in [0.25, 0.3) is 0 Å². The Morgan fingerprint density at radius 2 is 2.11 bits per heavy atom. The highest BCUT2D eigenvalue weighted by molar-refractivity contribution is 6.31. The van der Waals surface area contributed by atoms with E-state index >= 15 is 0 Å². The first-order valence-corrected chi connectivity index (χ1v) is 12.2. The Bertz CT molecular complexity index is 1080. The summed E-state index contributed by atoms with van der Waals surface area (Å²) in [5.74, 6) is -3.26. The van der Waals surface area contributed by atoms with Crippen LogP contribution in [0, 0.1) is 22.8 Å². The van der Waals surface area contributed by atoms with Crippen molar-refractivity contribution < 1.29 is 28.1 Å². The topological polar surface area (TPSA) is 88.7 Å². The number of methoxy groups -OCH3 is 1. The number of pyridine rings is 1. The molecule has 10 heteroatoms. The number of piperidine rings is 1. The zero-order valence-electron chi connectivity index (χ0n) is 19.6. The maximum Gasteiger partial charge on any atom is 0.230 e. The predicted octanol–water partition coefficient (Wildman–Crippen LogP) is 2.82. The van der Waals surface area contributed by atoms with Gasteiger partial charge in [0.1, 0.15) is 10.6 Å². The highest BCUT2D eigenvalue weighted by Gasteiger charge is 2.48. The van der Waals surface area contributed by atoms with Crippen LogP contribution in [0.2, 0.25) is 5.02 Å². The number of carbonyl (C=O) groups excluding carboxylic acids is 1. The number of halogens is 3. The molecule has 1 aromatic heterocycles. The fourth-order valence-corrected chi connectivity index (χ4v) is 4.93. The number of benzene rings is 1. The summed E-state index contributed by atoms with van der Waals surface area (Å²) < 4.78 is 33.3. The first-order chi connectivity index (χ1) is 16.7. The number of hydrogen-bond acceptors (Lipinski definition) is 5. The molecule has 7 nitrogen and oxygen atoms in total. The molecule has 0 bridgehead atoms. The van der Waals surface area contributed by atoms with Crippen LogP contribution in [0.5, 0.6) is 0 Å². The van der Waals surface area contributed by atoms with Crippen LogP contribution in [0.3, 0.4) is 0 Å². The summed E-state index contributed by atoms with van der Waals surface area (Å²) in [6, 6.07) is 4.98. The van der Waals surface area contributed by atoms with Crippen LogP contribution < -0.4 is 10.0 Å². The molecule has 2 aromatic rings. The Hall–Kier alpha value is -2.33. The standard InChI is InChI=1S/C25H30ClF2N3O4/c1-35-10-2-3-19-11-16(21(26)15-31(19)34)14-30(18-5-6-18)24(32)20-13-29-9-8-25(20,33)17-4-7-22(27)23(28)12-17/h4,7,11-12,15,18,20,29,33H,2-3,5-6,8-10,13-14H2,1H3. The molecule has 1 saturated heterocycles. The van der Waals surface area contributed by atoms with Gasteiger partial charge in [-0.15, -0.1) is 0 Å². The number of amides is 1. The molecular weight excluding hydrogens is 480 g/mol. The fraction of sp³-hybridized carbons (Fsp3) is 0.520. The van der Waals surface area contributed by atoms with E-state index in [4.69, 9.17) is 16.3 Å². The number of nitrogens with one attached hydrogen (secondary N) is 1. The van der Waals surface area contributed by atoms with Crippen molar-refractivity contribution in [1.82, 2.24) is 10.2 Å². The predicted molar refractivity (Wildman–Crippen MR) is 125 cm³/mol. The molecule has 2 heterocycles. The highest BCUT2D eigenvalue weighted by Crippen LogP contribution is 2.39. The summed E-state index contributed by atoms with van der Waals surface area (Å²) in [5.41, 5.74) is -0.292. The zero-order chi connectivity index (χ0) is 25.2. The van der Waals surface area contributed by atoms with Crippen molar-refractivity contribution in [1.29, 1.82) is 0 Å². The van der Waals surface area contributed by atoms with Crippen molar-refractivity contribution in [3.05, 3.63) is 69.1 Å². The maximum atomic E-state index is 14.0. The molecule has 4 rings (SSSR count). The molecule has 1 amide bonds. The van der Waals surface area contributed by atoms with Crippen LogP contribution in [-0.2, 0) is 28.1 Å². The number of aryl methyl sites for hydroxylation is 1. The van der Waals surface area contributed by atoms with Gasteiger partial charge in [-0.1, -0.05) is 17.7 Å². The molecule has 1 aliphatic carbocycles. The second-order valence-electron chi connectivity index (χ2n) is 9.32. The molecule has 2 atom stereocenters.